The summed E-state index contributed by atoms with van der Waals surface area (Å²) in [5, 5.41) is 3.22. The first-order valence-corrected chi connectivity index (χ1v) is 10.5. The fraction of sp³-hybridized carbons (Fsp3) is 0.368. The van der Waals surface area contributed by atoms with Crippen molar-refractivity contribution in [2.75, 3.05) is 6.66 Å². The summed E-state index contributed by atoms with van der Waals surface area (Å²) in [4.78, 5) is 0. The van der Waals surface area contributed by atoms with Gasteiger partial charge in [0.15, 0.2) is 0 Å². The van der Waals surface area contributed by atoms with E-state index in [1.54, 1.807) is 10.6 Å². The van der Waals surface area contributed by atoms with E-state index in [1.807, 2.05) is 0 Å². The molecule has 0 saturated heterocycles. The van der Waals surface area contributed by atoms with Crippen molar-refractivity contribution in [3.63, 3.8) is 0 Å². The Hall–Kier alpha value is -1.13. The van der Waals surface area contributed by atoms with Crippen LogP contribution in [0.4, 0.5) is 0 Å². The third-order valence-corrected chi connectivity index (χ3v) is 10.4. The van der Waals surface area contributed by atoms with Gasteiger partial charge in [0.1, 0.15) is 0 Å². The molecule has 0 spiro atoms. The van der Waals surface area contributed by atoms with Gasteiger partial charge in [0, 0.05) is 0 Å². The van der Waals surface area contributed by atoms with E-state index in [0.29, 0.717) is 0 Å². The van der Waals surface area contributed by atoms with E-state index in [-0.39, 0.29) is 0 Å². The van der Waals surface area contributed by atoms with Crippen LogP contribution < -0.4 is 10.6 Å². The molecular weight excluding hydrogens is 259 g/mol. The van der Waals surface area contributed by atoms with E-state index in [9.17, 15) is 0 Å². The van der Waals surface area contributed by atoms with Crippen LogP contribution in [-0.4, -0.2) is 12.3 Å². The van der Waals surface area contributed by atoms with Crippen molar-refractivity contribution in [3.05, 3.63) is 60.7 Å². The van der Waals surface area contributed by atoms with Gasteiger partial charge in [-0.15, -0.1) is 0 Å². The van der Waals surface area contributed by atoms with E-state index in [4.69, 9.17) is 0 Å². The number of benzene rings is 2. The normalized spacial score (nSPS) is 17.9. The van der Waals surface area contributed by atoms with Crippen LogP contribution in [0.2, 0.25) is 0 Å². The minimum absolute atomic E-state index is 0.904. The van der Waals surface area contributed by atoms with Gasteiger partial charge >= 0.3 is 123 Å². The zero-order chi connectivity index (χ0) is 13.8. The fourth-order valence-corrected chi connectivity index (χ4v) is 8.50. The van der Waals surface area contributed by atoms with Gasteiger partial charge < -0.3 is 0 Å². The van der Waals surface area contributed by atoms with Crippen LogP contribution in [0.5, 0.6) is 0 Å². The molecule has 1 fully saturated rings. The molecule has 0 atom stereocenters. The first-order valence-electron chi connectivity index (χ1n) is 7.93. The number of hydrogen-bond acceptors (Lipinski definition) is 0. The molecule has 1 aliphatic rings. The number of hydrogen-bond donors (Lipinski definition) is 0. The van der Waals surface area contributed by atoms with Gasteiger partial charge in [0.2, 0.25) is 0 Å². The molecule has 0 bridgehead atoms. The van der Waals surface area contributed by atoms with Crippen molar-refractivity contribution in [2.24, 2.45) is 0 Å². The van der Waals surface area contributed by atoms with Crippen LogP contribution in [0.3, 0.4) is 0 Å². The summed E-state index contributed by atoms with van der Waals surface area (Å²) >= 11 is 0. The summed E-state index contributed by atoms with van der Waals surface area (Å²) in [6, 6.07) is 22.6. The molecule has 0 heterocycles. The molecule has 1 heteroatoms. The van der Waals surface area contributed by atoms with E-state index in [1.165, 1.54) is 32.1 Å². The second kappa shape index (κ2) is 6.10. The van der Waals surface area contributed by atoms with Crippen LogP contribution >= 0.6 is 7.26 Å². The van der Waals surface area contributed by atoms with Crippen LogP contribution in [0.25, 0.3) is 0 Å². The van der Waals surface area contributed by atoms with Crippen LogP contribution in [0.1, 0.15) is 32.1 Å². The van der Waals surface area contributed by atoms with E-state index >= 15 is 0 Å². The van der Waals surface area contributed by atoms with Crippen molar-refractivity contribution in [1.29, 1.82) is 0 Å². The Labute approximate surface area is 123 Å². The molecule has 0 radical (unpaired) electrons. The van der Waals surface area contributed by atoms with Crippen molar-refractivity contribution in [2.45, 2.75) is 37.8 Å². The summed E-state index contributed by atoms with van der Waals surface area (Å²) < 4.78 is 0. The average Bonchev–Trinajstić information content (AvgIpc) is 2.56. The topological polar surface area (TPSA) is 0 Å². The van der Waals surface area contributed by atoms with Crippen molar-refractivity contribution in [1.82, 2.24) is 0 Å². The predicted molar refractivity (Wildman–Crippen MR) is 93.3 cm³/mol. The summed E-state index contributed by atoms with van der Waals surface area (Å²) in [5.74, 6) is 0. The molecule has 20 heavy (non-hydrogen) atoms. The Morgan fingerprint density at radius 3 is 1.60 bits per heavy atom. The minimum atomic E-state index is -1.60. The summed E-state index contributed by atoms with van der Waals surface area (Å²) in [6.45, 7) is 2.59. The second-order valence-electron chi connectivity index (χ2n) is 6.27. The van der Waals surface area contributed by atoms with Gasteiger partial charge in [-0.05, 0) is 0 Å². The van der Waals surface area contributed by atoms with Gasteiger partial charge in [-0.1, -0.05) is 0 Å². The quantitative estimate of drug-likeness (QED) is 0.735. The zero-order valence-corrected chi connectivity index (χ0v) is 13.4. The standard InChI is InChI=1S/C19H25P/c1-20(17-11-5-2-6-12-17,18-13-7-3-8-14-18)19-15-9-4-10-16-19/h2-3,5-8,11-14,19-20H,4,9-10,15-16H2,1H3. The third kappa shape index (κ3) is 2.54. The van der Waals surface area contributed by atoms with Crippen molar-refractivity contribution >= 4 is 17.9 Å². The fourth-order valence-electron chi connectivity index (χ4n) is 3.89. The van der Waals surface area contributed by atoms with E-state index in [0.717, 1.165) is 5.66 Å². The molecule has 0 N–H and O–H groups in total. The van der Waals surface area contributed by atoms with Gasteiger partial charge in [0.05, 0.1) is 0 Å². The molecule has 1 aliphatic carbocycles. The molecule has 106 valence electrons. The third-order valence-electron chi connectivity index (χ3n) is 5.17. The Balaban J connectivity index is 2.07. The van der Waals surface area contributed by atoms with E-state index < -0.39 is 7.26 Å². The van der Waals surface area contributed by atoms with Gasteiger partial charge in [-0.3, -0.25) is 0 Å². The molecule has 1 saturated carbocycles. The van der Waals surface area contributed by atoms with Crippen molar-refractivity contribution < 1.29 is 0 Å². The molecule has 0 aliphatic heterocycles. The van der Waals surface area contributed by atoms with Crippen LogP contribution in [0.15, 0.2) is 60.7 Å². The maximum absolute atomic E-state index is 2.59. The monoisotopic (exact) mass is 284 g/mol. The Bertz CT molecular complexity index is 487. The Morgan fingerprint density at radius 2 is 1.15 bits per heavy atom. The first kappa shape index (κ1) is 13.8. The van der Waals surface area contributed by atoms with Gasteiger partial charge in [0.25, 0.3) is 0 Å². The molecule has 0 amide bonds. The molecule has 2 aromatic carbocycles. The van der Waals surface area contributed by atoms with Gasteiger partial charge in [-0.25, -0.2) is 0 Å². The summed E-state index contributed by atoms with van der Waals surface area (Å²) in [7, 11) is -1.60. The molecule has 0 aromatic heterocycles. The molecular formula is C19H25P. The molecule has 0 nitrogen and oxygen atoms in total. The molecule has 2 aromatic rings. The first-order chi connectivity index (χ1) is 9.82. The maximum atomic E-state index is 2.59. The van der Waals surface area contributed by atoms with E-state index in [2.05, 4.69) is 67.3 Å². The van der Waals surface area contributed by atoms with Crippen molar-refractivity contribution in [3.8, 4) is 0 Å². The predicted octanol–water partition coefficient (Wildman–Crippen LogP) is 4.35. The Morgan fingerprint density at radius 1 is 0.700 bits per heavy atom. The van der Waals surface area contributed by atoms with Crippen LogP contribution in [-0.2, 0) is 0 Å². The SMILES string of the molecule is C[PH](c1ccccc1)(c1ccccc1)C1CCCCC1. The summed E-state index contributed by atoms with van der Waals surface area (Å²) in [6.07, 6.45) is 7.13. The second-order valence-corrected chi connectivity index (χ2v) is 10.6. The van der Waals surface area contributed by atoms with Crippen LogP contribution in [0, 0.1) is 0 Å². The van der Waals surface area contributed by atoms with Gasteiger partial charge in [-0.2, -0.15) is 0 Å². The number of rotatable bonds is 3. The molecule has 3 rings (SSSR count). The Kier molecular flexibility index (Phi) is 4.22. The molecule has 0 unspecified atom stereocenters. The zero-order valence-electron chi connectivity index (χ0n) is 12.4. The average molecular weight is 284 g/mol. The summed E-state index contributed by atoms with van der Waals surface area (Å²) in [5.41, 5.74) is 0.904.